The molecule has 0 saturated carbocycles. The van der Waals surface area contributed by atoms with E-state index in [-0.39, 0.29) is 11.3 Å². The third-order valence-corrected chi connectivity index (χ3v) is 2.94. The summed E-state index contributed by atoms with van der Waals surface area (Å²) in [5.74, 6) is 0.177. The molecule has 0 fully saturated rings. The van der Waals surface area contributed by atoms with Gasteiger partial charge in [-0.3, -0.25) is 9.78 Å². The molecule has 2 heterocycles. The van der Waals surface area contributed by atoms with E-state index in [0.29, 0.717) is 10.9 Å². The van der Waals surface area contributed by atoms with E-state index >= 15 is 0 Å². The van der Waals surface area contributed by atoms with Crippen LogP contribution in [0.4, 0.5) is 0 Å². The van der Waals surface area contributed by atoms with Crippen LogP contribution in [-0.4, -0.2) is 15.1 Å². The molecule has 3 aromatic rings. The van der Waals surface area contributed by atoms with E-state index in [4.69, 9.17) is 0 Å². The van der Waals surface area contributed by atoms with E-state index in [9.17, 15) is 9.90 Å². The fourth-order valence-electron chi connectivity index (χ4n) is 2.02. The Morgan fingerprint density at radius 2 is 2.06 bits per heavy atom. The van der Waals surface area contributed by atoms with E-state index in [1.807, 2.05) is 13.0 Å². The number of hydrogen-bond donors (Lipinski definition) is 2. The van der Waals surface area contributed by atoms with Crippen molar-refractivity contribution in [3.05, 3.63) is 46.5 Å². The first-order chi connectivity index (χ1) is 8.16. The Balaban J connectivity index is 2.64. The number of rotatable bonds is 0. The standard InChI is InChI=1S/C13H10N2O2/c1-7-4-9-10-6-14-3-2-8(10)13(17)15-11(9)5-12(7)16/h2-6,16H,1H3,(H,15,17). The number of phenols is 1. The summed E-state index contributed by atoms with van der Waals surface area (Å²) in [5, 5.41) is 11.9. The molecule has 3 rings (SSSR count). The first-order valence-corrected chi connectivity index (χ1v) is 5.26. The van der Waals surface area contributed by atoms with E-state index in [0.717, 1.165) is 16.3 Å². The number of aromatic hydroxyl groups is 1. The van der Waals surface area contributed by atoms with Crippen molar-refractivity contribution in [1.29, 1.82) is 0 Å². The monoisotopic (exact) mass is 226 g/mol. The number of phenolic OH excluding ortho intramolecular Hbond substituents is 1. The molecule has 0 spiro atoms. The Morgan fingerprint density at radius 1 is 1.24 bits per heavy atom. The number of aryl methyl sites for hydroxylation is 1. The normalized spacial score (nSPS) is 11.1. The van der Waals surface area contributed by atoms with Gasteiger partial charge in [-0.1, -0.05) is 0 Å². The van der Waals surface area contributed by atoms with Crippen LogP contribution in [0.2, 0.25) is 0 Å². The molecule has 2 aromatic heterocycles. The van der Waals surface area contributed by atoms with Crippen LogP contribution < -0.4 is 5.56 Å². The molecule has 0 saturated heterocycles. The summed E-state index contributed by atoms with van der Waals surface area (Å²) in [6.45, 7) is 1.82. The molecular weight excluding hydrogens is 216 g/mol. The van der Waals surface area contributed by atoms with Gasteiger partial charge in [-0.25, -0.2) is 0 Å². The maximum absolute atomic E-state index is 11.8. The summed E-state index contributed by atoms with van der Waals surface area (Å²) in [6.07, 6.45) is 3.26. The Kier molecular flexibility index (Phi) is 1.92. The summed E-state index contributed by atoms with van der Waals surface area (Å²) in [5.41, 5.74) is 1.23. The highest BCUT2D eigenvalue weighted by molar-refractivity contribution is 6.05. The molecule has 0 unspecified atom stereocenters. The summed E-state index contributed by atoms with van der Waals surface area (Å²) in [7, 11) is 0. The number of fused-ring (bicyclic) bond motifs is 3. The summed E-state index contributed by atoms with van der Waals surface area (Å²) in [6, 6.07) is 5.11. The maximum Gasteiger partial charge on any atom is 0.256 e. The molecule has 1 aromatic carbocycles. The molecule has 0 aliphatic carbocycles. The van der Waals surface area contributed by atoms with Crippen molar-refractivity contribution in [3.63, 3.8) is 0 Å². The molecule has 0 atom stereocenters. The lowest BCUT2D eigenvalue weighted by molar-refractivity contribution is 0.472. The van der Waals surface area contributed by atoms with E-state index in [1.165, 1.54) is 0 Å². The van der Waals surface area contributed by atoms with Gasteiger partial charge in [-0.05, 0) is 24.6 Å². The molecule has 0 bridgehead atoms. The molecule has 4 nitrogen and oxygen atoms in total. The van der Waals surface area contributed by atoms with Gasteiger partial charge in [0.05, 0.1) is 10.9 Å². The summed E-state index contributed by atoms with van der Waals surface area (Å²) >= 11 is 0. The Bertz CT molecular complexity index is 790. The summed E-state index contributed by atoms with van der Waals surface area (Å²) < 4.78 is 0. The lowest BCUT2D eigenvalue weighted by Gasteiger charge is -2.05. The van der Waals surface area contributed by atoms with Gasteiger partial charge in [0.1, 0.15) is 5.75 Å². The van der Waals surface area contributed by atoms with Gasteiger partial charge in [0.25, 0.3) is 5.56 Å². The van der Waals surface area contributed by atoms with Crippen molar-refractivity contribution in [2.24, 2.45) is 0 Å². The van der Waals surface area contributed by atoms with Crippen molar-refractivity contribution < 1.29 is 5.11 Å². The molecule has 4 heteroatoms. The van der Waals surface area contributed by atoms with Gasteiger partial charge in [0, 0.05) is 29.2 Å². The average molecular weight is 226 g/mol. The van der Waals surface area contributed by atoms with E-state index in [1.54, 1.807) is 24.5 Å². The van der Waals surface area contributed by atoms with E-state index < -0.39 is 0 Å². The zero-order valence-corrected chi connectivity index (χ0v) is 9.19. The van der Waals surface area contributed by atoms with Crippen LogP contribution in [0.1, 0.15) is 5.56 Å². The molecule has 2 N–H and O–H groups in total. The van der Waals surface area contributed by atoms with Crippen LogP contribution in [0, 0.1) is 6.92 Å². The number of aromatic amines is 1. The number of H-pyrrole nitrogens is 1. The van der Waals surface area contributed by atoms with Gasteiger partial charge >= 0.3 is 0 Å². The van der Waals surface area contributed by atoms with E-state index in [2.05, 4.69) is 9.97 Å². The third-order valence-electron chi connectivity index (χ3n) is 2.94. The Labute approximate surface area is 96.6 Å². The minimum atomic E-state index is -0.168. The highest BCUT2D eigenvalue weighted by atomic mass is 16.3. The number of pyridine rings is 2. The zero-order valence-electron chi connectivity index (χ0n) is 9.19. The smallest absolute Gasteiger partial charge is 0.256 e. The van der Waals surface area contributed by atoms with Gasteiger partial charge in [-0.2, -0.15) is 0 Å². The Hall–Kier alpha value is -2.36. The van der Waals surface area contributed by atoms with Gasteiger partial charge < -0.3 is 10.1 Å². The highest BCUT2D eigenvalue weighted by Crippen LogP contribution is 2.26. The predicted molar refractivity (Wildman–Crippen MR) is 66.3 cm³/mol. The van der Waals surface area contributed by atoms with Crippen LogP contribution in [-0.2, 0) is 0 Å². The second kappa shape index (κ2) is 3.31. The molecule has 0 amide bonds. The number of benzene rings is 1. The van der Waals surface area contributed by atoms with Gasteiger partial charge in [0.15, 0.2) is 0 Å². The zero-order chi connectivity index (χ0) is 12.0. The molecule has 17 heavy (non-hydrogen) atoms. The van der Waals surface area contributed by atoms with Crippen LogP contribution in [0.3, 0.4) is 0 Å². The van der Waals surface area contributed by atoms with Crippen LogP contribution >= 0.6 is 0 Å². The second-order valence-electron chi connectivity index (χ2n) is 4.06. The quantitative estimate of drug-likeness (QED) is 0.577. The molecule has 0 aliphatic heterocycles. The van der Waals surface area contributed by atoms with Crippen LogP contribution in [0.5, 0.6) is 5.75 Å². The minimum Gasteiger partial charge on any atom is -0.508 e. The number of hydrogen-bond acceptors (Lipinski definition) is 3. The minimum absolute atomic E-state index is 0.168. The first kappa shape index (κ1) is 9.84. The van der Waals surface area contributed by atoms with Gasteiger partial charge in [-0.15, -0.1) is 0 Å². The number of nitrogens with zero attached hydrogens (tertiary/aromatic N) is 1. The maximum atomic E-state index is 11.8. The third kappa shape index (κ3) is 1.38. The predicted octanol–water partition coefficient (Wildman–Crippen LogP) is 2.09. The van der Waals surface area contributed by atoms with Gasteiger partial charge in [0.2, 0.25) is 0 Å². The van der Waals surface area contributed by atoms with Crippen molar-refractivity contribution in [1.82, 2.24) is 9.97 Å². The molecule has 0 radical (unpaired) electrons. The van der Waals surface area contributed by atoms with Crippen molar-refractivity contribution in [3.8, 4) is 5.75 Å². The summed E-state index contributed by atoms with van der Waals surface area (Å²) in [4.78, 5) is 18.6. The SMILES string of the molecule is Cc1cc2c(cc1O)[nH]c(=O)c1ccncc12. The lowest BCUT2D eigenvalue weighted by Crippen LogP contribution is -2.06. The fourth-order valence-corrected chi connectivity index (χ4v) is 2.02. The molecule has 0 aliphatic rings. The van der Waals surface area contributed by atoms with Crippen molar-refractivity contribution >= 4 is 21.7 Å². The molecule has 84 valence electrons. The van der Waals surface area contributed by atoms with Crippen molar-refractivity contribution in [2.45, 2.75) is 6.92 Å². The van der Waals surface area contributed by atoms with Crippen LogP contribution in [0.25, 0.3) is 21.7 Å². The van der Waals surface area contributed by atoms with Crippen molar-refractivity contribution in [2.75, 3.05) is 0 Å². The fraction of sp³-hybridized carbons (Fsp3) is 0.0769. The lowest BCUT2D eigenvalue weighted by atomic mass is 10.1. The van der Waals surface area contributed by atoms with Crippen LogP contribution in [0.15, 0.2) is 35.4 Å². The average Bonchev–Trinajstić information content (AvgIpc) is 2.32. The molecular formula is C13H10N2O2. The number of nitrogens with one attached hydrogen (secondary N) is 1. The second-order valence-corrected chi connectivity index (χ2v) is 4.06. The Morgan fingerprint density at radius 3 is 2.88 bits per heavy atom. The largest absolute Gasteiger partial charge is 0.508 e. The topological polar surface area (TPSA) is 66.0 Å². The first-order valence-electron chi connectivity index (χ1n) is 5.26. The highest BCUT2D eigenvalue weighted by Gasteiger charge is 2.07. The number of aromatic nitrogens is 2.